The Hall–Kier alpha value is -4.94. The molecule has 54 heavy (non-hydrogen) atoms. The zero-order valence-corrected chi connectivity index (χ0v) is 31.0. The van der Waals surface area contributed by atoms with Crippen molar-refractivity contribution in [3.63, 3.8) is 0 Å². The summed E-state index contributed by atoms with van der Waals surface area (Å²) >= 11 is 0. The van der Waals surface area contributed by atoms with Gasteiger partial charge in [-0.2, -0.15) is 0 Å². The molecule has 1 saturated carbocycles. The van der Waals surface area contributed by atoms with Crippen molar-refractivity contribution in [3.05, 3.63) is 110 Å². The van der Waals surface area contributed by atoms with Gasteiger partial charge in [0.1, 0.15) is 17.3 Å². The first-order chi connectivity index (χ1) is 26.3. The van der Waals surface area contributed by atoms with Crippen LogP contribution in [0.3, 0.4) is 0 Å². The maximum atomic E-state index is 14.7. The van der Waals surface area contributed by atoms with Gasteiger partial charge in [0, 0.05) is 30.9 Å². The van der Waals surface area contributed by atoms with Crippen molar-refractivity contribution < 1.29 is 9.18 Å². The molecule has 2 aromatic heterocycles. The molecule has 0 bridgehead atoms. The third-order valence-electron chi connectivity index (χ3n) is 11.7. The van der Waals surface area contributed by atoms with Crippen molar-refractivity contribution in [3.8, 4) is 16.8 Å². The summed E-state index contributed by atoms with van der Waals surface area (Å²) in [5.74, 6) is -0.481. The van der Waals surface area contributed by atoms with Crippen LogP contribution in [0.1, 0.15) is 91.1 Å². The number of amides is 1. The molecule has 3 fully saturated rings. The van der Waals surface area contributed by atoms with E-state index < -0.39 is 23.1 Å². The average molecular weight is 733 g/mol. The topological polar surface area (TPSA) is 117 Å². The van der Waals surface area contributed by atoms with Crippen LogP contribution in [0.5, 0.6) is 0 Å². The highest BCUT2D eigenvalue weighted by atomic mass is 19.1. The monoisotopic (exact) mass is 732 g/mol. The van der Waals surface area contributed by atoms with E-state index in [-0.39, 0.29) is 29.8 Å². The van der Waals surface area contributed by atoms with Crippen LogP contribution in [0.25, 0.3) is 22.9 Å². The second-order valence-corrected chi connectivity index (χ2v) is 15.4. The van der Waals surface area contributed by atoms with Crippen LogP contribution >= 0.6 is 0 Å². The Morgan fingerprint density at radius 2 is 1.63 bits per heavy atom. The van der Waals surface area contributed by atoms with E-state index in [1.807, 2.05) is 31.2 Å². The van der Waals surface area contributed by atoms with Gasteiger partial charge in [0.15, 0.2) is 0 Å². The minimum absolute atomic E-state index is 0.108. The molecule has 11 nitrogen and oxygen atoms in total. The van der Waals surface area contributed by atoms with Gasteiger partial charge >= 0.3 is 5.69 Å². The number of carbonyl (C=O) groups is 1. The number of nitrogens with one attached hydrogen (secondary N) is 2. The summed E-state index contributed by atoms with van der Waals surface area (Å²) in [6.07, 6.45) is 12.9. The molecular weight excluding hydrogens is 684 g/mol. The van der Waals surface area contributed by atoms with Crippen LogP contribution < -0.4 is 21.9 Å². The third-order valence-corrected chi connectivity index (χ3v) is 11.7. The zero-order valence-electron chi connectivity index (χ0n) is 31.0. The number of hydrogen-bond acceptors (Lipinski definition) is 8. The second-order valence-electron chi connectivity index (χ2n) is 15.4. The van der Waals surface area contributed by atoms with Crippen molar-refractivity contribution in [1.29, 1.82) is 0 Å². The van der Waals surface area contributed by atoms with Gasteiger partial charge in [-0.05, 0) is 119 Å². The lowest BCUT2D eigenvalue weighted by molar-refractivity contribution is 0.0896. The molecule has 2 aromatic carbocycles. The average Bonchev–Trinajstić information content (AvgIpc) is 3.20. The third kappa shape index (κ3) is 7.67. The minimum Gasteiger partial charge on any atom is -0.364 e. The van der Waals surface area contributed by atoms with E-state index in [1.165, 1.54) is 72.2 Å². The van der Waals surface area contributed by atoms with Crippen molar-refractivity contribution in [2.75, 3.05) is 38.0 Å². The molecule has 2 N–H and O–H groups in total. The number of aromatic nitrogens is 4. The molecule has 0 unspecified atom stereocenters. The van der Waals surface area contributed by atoms with E-state index in [4.69, 9.17) is 0 Å². The Bertz CT molecular complexity index is 2120. The standard InChI is InChI=1S/C42H49FN8O3/c1-28-24-45-38(26-44-28)40(52)47-33-12-14-35(15-13-33)51-41(53)37-23-32(43)25-46-39(37)50(42(51)54)36-7-5-6-31(22-36)30-10-8-29(9-11-30)27-48-20-16-34(17-21-48)49-18-3-2-4-19-49/h5-11,22-24,26,33-35,46H,2-4,12-21,25,27H2,1H3,(H,47,52)/t33-,35+. The van der Waals surface area contributed by atoms with Gasteiger partial charge in [-0.3, -0.25) is 24.0 Å². The molecule has 3 aliphatic heterocycles. The van der Waals surface area contributed by atoms with Gasteiger partial charge in [0.2, 0.25) is 0 Å². The highest BCUT2D eigenvalue weighted by Crippen LogP contribution is 2.31. The van der Waals surface area contributed by atoms with Gasteiger partial charge in [-0.15, -0.1) is 0 Å². The van der Waals surface area contributed by atoms with Crippen LogP contribution in [0, 0.1) is 6.92 Å². The molecule has 4 aromatic rings. The number of rotatable bonds is 8. The first-order valence-electron chi connectivity index (χ1n) is 19.6. The number of fused-ring (bicyclic) bond motifs is 1. The number of likely N-dealkylation sites (tertiary alicyclic amines) is 2. The van der Waals surface area contributed by atoms with E-state index in [0.717, 1.165) is 42.5 Å². The number of carbonyl (C=O) groups excluding carboxylic acids is 1. The first kappa shape index (κ1) is 36.1. The molecule has 8 rings (SSSR count). The molecule has 282 valence electrons. The Morgan fingerprint density at radius 1 is 0.870 bits per heavy atom. The molecule has 4 aliphatic rings. The highest BCUT2D eigenvalue weighted by Gasteiger charge is 2.31. The van der Waals surface area contributed by atoms with Gasteiger partial charge in [0.25, 0.3) is 11.5 Å². The van der Waals surface area contributed by atoms with E-state index in [9.17, 15) is 18.8 Å². The molecular formula is C42H49FN8O3. The highest BCUT2D eigenvalue weighted by molar-refractivity contribution is 5.92. The molecule has 2 saturated heterocycles. The Morgan fingerprint density at radius 3 is 2.35 bits per heavy atom. The van der Waals surface area contributed by atoms with Crippen LogP contribution in [0.15, 0.2) is 76.3 Å². The molecule has 0 atom stereocenters. The molecule has 1 aliphatic carbocycles. The largest absolute Gasteiger partial charge is 0.364 e. The number of halogens is 1. The van der Waals surface area contributed by atoms with Gasteiger partial charge in [-0.1, -0.05) is 42.8 Å². The maximum absolute atomic E-state index is 14.7. The Balaban J connectivity index is 0.992. The summed E-state index contributed by atoms with van der Waals surface area (Å²) in [6.45, 7) is 7.40. The molecule has 0 radical (unpaired) electrons. The summed E-state index contributed by atoms with van der Waals surface area (Å²) in [6, 6.07) is 16.6. The van der Waals surface area contributed by atoms with E-state index >= 15 is 0 Å². The lowest BCUT2D eigenvalue weighted by Gasteiger charge is -2.40. The minimum atomic E-state index is -0.515. The Kier molecular flexibility index (Phi) is 10.6. The summed E-state index contributed by atoms with van der Waals surface area (Å²) in [4.78, 5) is 54.7. The zero-order chi connectivity index (χ0) is 37.2. The number of piperidine rings is 2. The summed E-state index contributed by atoms with van der Waals surface area (Å²) in [7, 11) is 0. The van der Waals surface area contributed by atoms with Crippen LogP contribution in [0.2, 0.25) is 0 Å². The van der Waals surface area contributed by atoms with Gasteiger partial charge in [-0.25, -0.2) is 18.7 Å². The summed E-state index contributed by atoms with van der Waals surface area (Å²) in [5.41, 5.74) is 3.94. The fraction of sp³-hybridized carbons (Fsp3) is 0.452. The van der Waals surface area contributed by atoms with Crippen molar-refractivity contribution in [1.82, 2.24) is 34.2 Å². The van der Waals surface area contributed by atoms with Crippen molar-refractivity contribution in [2.45, 2.75) is 89.4 Å². The lowest BCUT2D eigenvalue weighted by atomic mass is 9.90. The van der Waals surface area contributed by atoms with Gasteiger partial charge < -0.3 is 15.5 Å². The van der Waals surface area contributed by atoms with E-state index in [2.05, 4.69) is 54.7 Å². The van der Waals surface area contributed by atoms with Crippen LogP contribution in [-0.4, -0.2) is 79.6 Å². The predicted molar refractivity (Wildman–Crippen MR) is 209 cm³/mol. The number of aryl methyl sites for hydroxylation is 1. The Labute approximate surface area is 314 Å². The summed E-state index contributed by atoms with van der Waals surface area (Å²) in [5, 5.41) is 6.03. The van der Waals surface area contributed by atoms with Gasteiger partial charge in [0.05, 0.1) is 29.7 Å². The van der Waals surface area contributed by atoms with Crippen LogP contribution in [-0.2, 0) is 6.54 Å². The SMILES string of the molecule is Cc1cnc(C(=O)N[C@H]2CC[C@@H](n3c(=O)c4c(n(-c5cccc(-c6ccc(CN7CCC(N8CCCCC8)CC7)cc6)c5)c3=O)NCC(F)=C4)CC2)cn1. The van der Waals surface area contributed by atoms with E-state index in [1.54, 1.807) is 6.20 Å². The smallest absolute Gasteiger partial charge is 0.337 e. The fourth-order valence-electron chi connectivity index (χ4n) is 8.74. The van der Waals surface area contributed by atoms with E-state index in [0.29, 0.717) is 37.2 Å². The molecule has 1 amide bonds. The number of anilines is 1. The molecule has 5 heterocycles. The summed E-state index contributed by atoms with van der Waals surface area (Å²) < 4.78 is 17.5. The maximum Gasteiger partial charge on any atom is 0.337 e. The quantitative estimate of drug-likeness (QED) is 0.231. The fourth-order valence-corrected chi connectivity index (χ4v) is 8.74. The predicted octanol–water partition coefficient (Wildman–Crippen LogP) is 5.86. The molecule has 0 spiro atoms. The lowest BCUT2D eigenvalue weighted by Crippen LogP contribution is -2.47. The number of benzene rings is 2. The van der Waals surface area contributed by atoms with Crippen molar-refractivity contribution in [2.24, 2.45) is 0 Å². The number of hydrogen-bond donors (Lipinski definition) is 2. The number of nitrogens with zero attached hydrogens (tertiary/aromatic N) is 6. The van der Waals surface area contributed by atoms with Crippen LogP contribution in [0.4, 0.5) is 10.2 Å². The second kappa shape index (κ2) is 15.8. The molecule has 12 heteroatoms. The first-order valence-corrected chi connectivity index (χ1v) is 19.6. The van der Waals surface area contributed by atoms with Crippen molar-refractivity contribution >= 4 is 17.8 Å². The normalized spacial score (nSPS) is 21.2.